The van der Waals surface area contributed by atoms with E-state index >= 15 is 0 Å². The first-order valence-electron chi connectivity index (χ1n) is 4.72. The van der Waals surface area contributed by atoms with Crippen LogP contribution in [-0.2, 0) is 6.42 Å². The van der Waals surface area contributed by atoms with Gasteiger partial charge >= 0.3 is 0 Å². The third-order valence-electron chi connectivity index (χ3n) is 2.25. The first-order valence-corrected chi connectivity index (χ1v) is 4.72. The lowest BCUT2D eigenvalue weighted by atomic mass is 10.1. The van der Waals surface area contributed by atoms with Crippen molar-refractivity contribution in [3.05, 3.63) is 53.9 Å². The van der Waals surface area contributed by atoms with Crippen molar-refractivity contribution in [1.29, 1.82) is 0 Å². The Kier molecular flexibility index (Phi) is 2.54. The molecule has 0 saturated heterocycles. The highest BCUT2D eigenvalue weighted by atomic mass is 16.3. The van der Waals surface area contributed by atoms with Crippen LogP contribution in [0.3, 0.4) is 0 Å². The van der Waals surface area contributed by atoms with Crippen molar-refractivity contribution in [2.45, 2.75) is 6.42 Å². The Morgan fingerprint density at radius 1 is 1.27 bits per heavy atom. The molecular formula is C12H12N2O. The predicted molar refractivity (Wildman–Crippen MR) is 59.6 cm³/mol. The second kappa shape index (κ2) is 4.00. The van der Waals surface area contributed by atoms with Gasteiger partial charge in [0.05, 0.1) is 0 Å². The topological polar surface area (TPSA) is 59.1 Å². The summed E-state index contributed by atoms with van der Waals surface area (Å²) >= 11 is 0. The van der Waals surface area contributed by atoms with Crippen LogP contribution in [0.1, 0.15) is 11.1 Å². The Hall–Kier alpha value is -2.03. The van der Waals surface area contributed by atoms with E-state index in [2.05, 4.69) is 4.98 Å². The number of phenols is 1. The Bertz CT molecular complexity index is 469. The van der Waals surface area contributed by atoms with Crippen LogP contribution in [0.4, 0.5) is 5.69 Å². The fraction of sp³-hybridized carbons (Fsp3) is 0.0833. The number of hydrogen-bond acceptors (Lipinski definition) is 3. The molecule has 0 aliphatic heterocycles. The van der Waals surface area contributed by atoms with Crippen molar-refractivity contribution in [3.63, 3.8) is 0 Å². The summed E-state index contributed by atoms with van der Waals surface area (Å²) < 4.78 is 0. The third-order valence-corrected chi connectivity index (χ3v) is 2.25. The number of hydrogen-bond donors (Lipinski definition) is 2. The number of nitrogens with two attached hydrogens (primary N) is 1. The Morgan fingerprint density at radius 3 is 2.87 bits per heavy atom. The van der Waals surface area contributed by atoms with E-state index in [4.69, 9.17) is 5.73 Å². The summed E-state index contributed by atoms with van der Waals surface area (Å²) in [5, 5.41) is 9.31. The molecule has 0 bridgehead atoms. The Labute approximate surface area is 88.2 Å². The minimum absolute atomic E-state index is 0.273. The van der Waals surface area contributed by atoms with Crippen LogP contribution in [0.5, 0.6) is 5.75 Å². The number of pyridine rings is 1. The molecule has 1 aromatic heterocycles. The summed E-state index contributed by atoms with van der Waals surface area (Å²) in [4.78, 5) is 4.02. The summed E-state index contributed by atoms with van der Waals surface area (Å²) in [6, 6.07) is 8.92. The summed E-state index contributed by atoms with van der Waals surface area (Å²) in [5.74, 6) is 0.273. The minimum atomic E-state index is 0.273. The van der Waals surface area contributed by atoms with Gasteiger partial charge in [-0.1, -0.05) is 12.1 Å². The van der Waals surface area contributed by atoms with Gasteiger partial charge in [0.2, 0.25) is 0 Å². The van der Waals surface area contributed by atoms with Gasteiger partial charge in [0.25, 0.3) is 0 Å². The smallest absolute Gasteiger partial charge is 0.115 e. The molecule has 3 heteroatoms. The maximum absolute atomic E-state index is 9.31. The fourth-order valence-electron chi connectivity index (χ4n) is 1.47. The molecule has 0 unspecified atom stereocenters. The Balaban J connectivity index is 2.26. The molecule has 0 atom stereocenters. The number of aromatic hydroxyl groups is 1. The number of anilines is 1. The minimum Gasteiger partial charge on any atom is -0.508 e. The van der Waals surface area contributed by atoms with Crippen LogP contribution in [0.15, 0.2) is 42.7 Å². The molecule has 0 fully saturated rings. The molecule has 0 spiro atoms. The average molecular weight is 200 g/mol. The molecule has 76 valence electrons. The van der Waals surface area contributed by atoms with Crippen LogP contribution >= 0.6 is 0 Å². The molecule has 2 aromatic rings. The quantitative estimate of drug-likeness (QED) is 0.779. The molecule has 0 aliphatic rings. The molecular weight excluding hydrogens is 188 g/mol. The predicted octanol–water partition coefficient (Wildman–Crippen LogP) is 1.96. The van der Waals surface area contributed by atoms with Crippen LogP contribution < -0.4 is 5.73 Å². The highest BCUT2D eigenvalue weighted by Gasteiger charge is 2.01. The zero-order valence-corrected chi connectivity index (χ0v) is 8.22. The van der Waals surface area contributed by atoms with Crippen molar-refractivity contribution in [2.75, 3.05) is 5.73 Å². The third kappa shape index (κ3) is 2.26. The van der Waals surface area contributed by atoms with Crippen molar-refractivity contribution in [3.8, 4) is 5.75 Å². The molecule has 0 aliphatic carbocycles. The molecule has 0 radical (unpaired) electrons. The normalized spacial score (nSPS) is 10.1. The van der Waals surface area contributed by atoms with Crippen molar-refractivity contribution >= 4 is 5.69 Å². The maximum atomic E-state index is 9.31. The number of aromatic nitrogens is 1. The number of benzene rings is 1. The van der Waals surface area contributed by atoms with E-state index in [1.807, 2.05) is 12.1 Å². The van der Waals surface area contributed by atoms with Gasteiger partial charge in [-0.2, -0.15) is 0 Å². The lowest BCUT2D eigenvalue weighted by molar-refractivity contribution is 0.474. The van der Waals surface area contributed by atoms with Gasteiger partial charge in [-0.3, -0.25) is 4.98 Å². The molecule has 0 amide bonds. The summed E-state index contributed by atoms with van der Waals surface area (Å²) in [7, 11) is 0. The maximum Gasteiger partial charge on any atom is 0.115 e. The summed E-state index contributed by atoms with van der Waals surface area (Å²) in [6.07, 6.45) is 4.11. The van der Waals surface area contributed by atoms with E-state index in [0.717, 1.165) is 16.8 Å². The van der Waals surface area contributed by atoms with E-state index in [9.17, 15) is 5.11 Å². The van der Waals surface area contributed by atoms with Gasteiger partial charge < -0.3 is 10.8 Å². The van der Waals surface area contributed by atoms with E-state index < -0.39 is 0 Å². The van der Waals surface area contributed by atoms with Crippen molar-refractivity contribution < 1.29 is 5.11 Å². The zero-order valence-electron chi connectivity index (χ0n) is 8.22. The van der Waals surface area contributed by atoms with Crippen LogP contribution in [0, 0.1) is 0 Å². The largest absolute Gasteiger partial charge is 0.508 e. The van der Waals surface area contributed by atoms with Gasteiger partial charge in [-0.05, 0) is 29.3 Å². The van der Waals surface area contributed by atoms with Crippen molar-refractivity contribution in [2.24, 2.45) is 0 Å². The lowest BCUT2D eigenvalue weighted by Crippen LogP contribution is -1.96. The van der Waals surface area contributed by atoms with Gasteiger partial charge in [0.1, 0.15) is 5.75 Å². The van der Waals surface area contributed by atoms with Gasteiger partial charge in [-0.15, -0.1) is 0 Å². The van der Waals surface area contributed by atoms with Crippen LogP contribution in [0.2, 0.25) is 0 Å². The first kappa shape index (κ1) is 9.52. The van der Waals surface area contributed by atoms with E-state index in [0.29, 0.717) is 6.42 Å². The van der Waals surface area contributed by atoms with E-state index in [-0.39, 0.29) is 5.75 Å². The SMILES string of the molecule is Nc1ccncc1Cc1cccc(O)c1. The van der Waals surface area contributed by atoms with Crippen LogP contribution in [-0.4, -0.2) is 10.1 Å². The van der Waals surface area contributed by atoms with Gasteiger partial charge in [-0.25, -0.2) is 0 Å². The van der Waals surface area contributed by atoms with Gasteiger partial charge in [0.15, 0.2) is 0 Å². The number of nitrogens with zero attached hydrogens (tertiary/aromatic N) is 1. The number of phenolic OH excluding ortho intramolecular Hbond substituents is 1. The molecule has 1 heterocycles. The lowest BCUT2D eigenvalue weighted by Gasteiger charge is -2.04. The second-order valence-corrected chi connectivity index (χ2v) is 3.42. The summed E-state index contributed by atoms with van der Waals surface area (Å²) in [5.41, 5.74) is 8.53. The molecule has 3 nitrogen and oxygen atoms in total. The highest BCUT2D eigenvalue weighted by molar-refractivity contribution is 5.47. The van der Waals surface area contributed by atoms with Gasteiger partial charge in [0, 0.05) is 24.5 Å². The second-order valence-electron chi connectivity index (χ2n) is 3.42. The fourth-order valence-corrected chi connectivity index (χ4v) is 1.47. The van der Waals surface area contributed by atoms with Crippen LogP contribution in [0.25, 0.3) is 0 Å². The average Bonchev–Trinajstić information content (AvgIpc) is 2.22. The first-order chi connectivity index (χ1) is 7.25. The molecule has 0 saturated carbocycles. The highest BCUT2D eigenvalue weighted by Crippen LogP contribution is 2.17. The molecule has 3 N–H and O–H groups in total. The number of rotatable bonds is 2. The molecule has 2 rings (SSSR count). The molecule has 15 heavy (non-hydrogen) atoms. The van der Waals surface area contributed by atoms with E-state index in [1.165, 1.54) is 0 Å². The molecule has 1 aromatic carbocycles. The summed E-state index contributed by atoms with van der Waals surface area (Å²) in [6.45, 7) is 0. The standard InChI is InChI=1S/C12H12N2O/c13-12-4-5-14-8-10(12)6-9-2-1-3-11(15)7-9/h1-5,7-8,15H,6H2,(H2,13,14). The van der Waals surface area contributed by atoms with Crippen molar-refractivity contribution in [1.82, 2.24) is 4.98 Å². The Morgan fingerprint density at radius 2 is 2.13 bits per heavy atom. The number of nitrogen functional groups attached to an aromatic ring is 1. The monoisotopic (exact) mass is 200 g/mol. The van der Waals surface area contributed by atoms with E-state index in [1.54, 1.807) is 30.6 Å². The zero-order chi connectivity index (χ0) is 10.7.